The highest BCUT2D eigenvalue weighted by molar-refractivity contribution is 5.83. The summed E-state index contributed by atoms with van der Waals surface area (Å²) >= 11 is 0. The third-order valence-corrected chi connectivity index (χ3v) is 3.30. The first-order valence-corrected chi connectivity index (χ1v) is 5.96. The van der Waals surface area contributed by atoms with Gasteiger partial charge in [-0.2, -0.15) is 0 Å². The van der Waals surface area contributed by atoms with Crippen LogP contribution in [0.4, 0.5) is 8.78 Å². The topological polar surface area (TPSA) is 17.8 Å². The van der Waals surface area contributed by atoms with Crippen molar-refractivity contribution in [2.45, 2.75) is 6.92 Å². The van der Waals surface area contributed by atoms with Crippen LogP contribution in [0.15, 0.2) is 36.4 Å². The fourth-order valence-corrected chi connectivity index (χ4v) is 2.29. The highest BCUT2D eigenvalue weighted by Gasteiger charge is 2.18. The van der Waals surface area contributed by atoms with Gasteiger partial charge in [0.25, 0.3) is 0 Å². The Bertz CT molecular complexity index is 755. The fourth-order valence-electron chi connectivity index (χ4n) is 2.29. The molecule has 19 heavy (non-hydrogen) atoms. The zero-order valence-corrected chi connectivity index (χ0v) is 10.6. The molecular formula is C15H12F2N2. The first-order valence-electron chi connectivity index (χ1n) is 5.96. The maximum atomic E-state index is 13.9. The van der Waals surface area contributed by atoms with E-state index in [0.29, 0.717) is 5.82 Å². The number of para-hydroxylation sites is 1. The highest BCUT2D eigenvalue weighted by atomic mass is 19.1. The number of nitrogens with zero attached hydrogens (tertiary/aromatic N) is 2. The molecule has 0 fully saturated rings. The number of aryl methyl sites for hydroxylation is 2. The molecule has 0 saturated carbocycles. The molecule has 0 bridgehead atoms. The van der Waals surface area contributed by atoms with Crippen molar-refractivity contribution in [1.29, 1.82) is 0 Å². The molecule has 1 heterocycles. The number of rotatable bonds is 1. The molecule has 0 N–H and O–H groups in total. The molecule has 1 aromatic heterocycles. The zero-order chi connectivity index (χ0) is 13.6. The van der Waals surface area contributed by atoms with Gasteiger partial charge in [-0.15, -0.1) is 0 Å². The zero-order valence-electron chi connectivity index (χ0n) is 10.6. The number of hydrogen-bond acceptors (Lipinski definition) is 1. The molecule has 3 rings (SSSR count). The summed E-state index contributed by atoms with van der Waals surface area (Å²) < 4.78 is 29.4. The second-order valence-electron chi connectivity index (χ2n) is 4.53. The Morgan fingerprint density at radius 1 is 1.00 bits per heavy atom. The predicted octanol–water partition coefficient (Wildman–Crippen LogP) is 3.83. The fraction of sp³-hybridized carbons (Fsp3) is 0.133. The third kappa shape index (κ3) is 1.71. The van der Waals surface area contributed by atoms with E-state index in [-0.39, 0.29) is 5.56 Å². The number of benzene rings is 2. The Morgan fingerprint density at radius 3 is 2.26 bits per heavy atom. The lowest BCUT2D eigenvalue weighted by molar-refractivity contribution is 0.586. The lowest BCUT2D eigenvalue weighted by atomic mass is 10.2. The van der Waals surface area contributed by atoms with Crippen LogP contribution in [0.5, 0.6) is 0 Å². The normalized spacial score (nSPS) is 11.2. The maximum absolute atomic E-state index is 13.9. The Hall–Kier alpha value is -2.23. The van der Waals surface area contributed by atoms with Gasteiger partial charge in [0.2, 0.25) is 0 Å². The second-order valence-corrected chi connectivity index (χ2v) is 4.53. The van der Waals surface area contributed by atoms with Crippen molar-refractivity contribution in [3.05, 3.63) is 53.6 Å². The number of fused-ring (bicyclic) bond motifs is 1. The van der Waals surface area contributed by atoms with Gasteiger partial charge < -0.3 is 4.57 Å². The Morgan fingerprint density at radius 2 is 1.63 bits per heavy atom. The first-order chi connectivity index (χ1) is 9.09. The van der Waals surface area contributed by atoms with Gasteiger partial charge in [0.05, 0.1) is 16.6 Å². The van der Waals surface area contributed by atoms with Crippen LogP contribution in [-0.4, -0.2) is 9.55 Å². The van der Waals surface area contributed by atoms with Gasteiger partial charge >= 0.3 is 0 Å². The molecule has 0 spiro atoms. The summed E-state index contributed by atoms with van der Waals surface area (Å²) in [6, 6.07) is 9.55. The van der Waals surface area contributed by atoms with Crippen LogP contribution in [-0.2, 0) is 7.05 Å². The first kappa shape index (κ1) is 11.8. The highest BCUT2D eigenvalue weighted by Crippen LogP contribution is 2.29. The summed E-state index contributed by atoms with van der Waals surface area (Å²) in [7, 11) is 1.76. The predicted molar refractivity (Wildman–Crippen MR) is 70.8 cm³/mol. The van der Waals surface area contributed by atoms with E-state index in [1.807, 2.05) is 25.1 Å². The molecule has 4 heteroatoms. The van der Waals surface area contributed by atoms with E-state index >= 15 is 0 Å². The van der Waals surface area contributed by atoms with E-state index in [9.17, 15) is 8.78 Å². The number of halogens is 2. The van der Waals surface area contributed by atoms with Crippen LogP contribution in [0, 0.1) is 18.6 Å². The minimum absolute atomic E-state index is 0.0828. The quantitative estimate of drug-likeness (QED) is 0.648. The molecule has 96 valence electrons. The van der Waals surface area contributed by atoms with Crippen LogP contribution in [0.3, 0.4) is 0 Å². The Labute approximate surface area is 109 Å². The van der Waals surface area contributed by atoms with Crippen molar-refractivity contribution in [2.24, 2.45) is 7.05 Å². The monoisotopic (exact) mass is 258 g/mol. The van der Waals surface area contributed by atoms with E-state index in [1.54, 1.807) is 11.6 Å². The summed E-state index contributed by atoms with van der Waals surface area (Å²) in [4.78, 5) is 4.39. The van der Waals surface area contributed by atoms with Gasteiger partial charge in [0, 0.05) is 7.05 Å². The molecule has 0 atom stereocenters. The molecule has 0 aliphatic heterocycles. The number of imidazole rings is 1. The van der Waals surface area contributed by atoms with E-state index in [2.05, 4.69) is 4.98 Å². The van der Waals surface area contributed by atoms with Crippen molar-refractivity contribution >= 4 is 11.0 Å². The molecule has 0 radical (unpaired) electrons. The molecule has 2 nitrogen and oxygen atoms in total. The minimum atomic E-state index is -0.601. The molecule has 0 unspecified atom stereocenters. The largest absolute Gasteiger partial charge is 0.327 e. The standard InChI is InChI=1S/C15H12F2N2/c1-9-5-3-8-12-14(9)18-15(19(12)2)13-10(16)6-4-7-11(13)17/h3-8H,1-2H3. The van der Waals surface area contributed by atoms with Crippen molar-refractivity contribution in [2.75, 3.05) is 0 Å². The van der Waals surface area contributed by atoms with Gasteiger partial charge in [-0.1, -0.05) is 18.2 Å². The molecule has 0 saturated heterocycles. The molecular weight excluding hydrogens is 246 g/mol. The summed E-state index contributed by atoms with van der Waals surface area (Å²) in [6.45, 7) is 1.93. The molecule has 3 aromatic rings. The van der Waals surface area contributed by atoms with E-state index in [4.69, 9.17) is 0 Å². The smallest absolute Gasteiger partial charge is 0.146 e. The van der Waals surface area contributed by atoms with Crippen molar-refractivity contribution in [3.8, 4) is 11.4 Å². The van der Waals surface area contributed by atoms with Crippen LogP contribution >= 0.6 is 0 Å². The van der Waals surface area contributed by atoms with E-state index in [0.717, 1.165) is 16.6 Å². The molecule has 2 aromatic carbocycles. The summed E-state index contributed by atoms with van der Waals surface area (Å²) in [5.74, 6) is -0.896. The van der Waals surface area contributed by atoms with Crippen LogP contribution in [0.25, 0.3) is 22.4 Å². The van der Waals surface area contributed by atoms with Crippen LogP contribution in [0.2, 0.25) is 0 Å². The van der Waals surface area contributed by atoms with Crippen LogP contribution < -0.4 is 0 Å². The molecule has 0 aliphatic rings. The summed E-state index contributed by atoms with van der Waals surface area (Å²) in [6.07, 6.45) is 0. The number of hydrogen-bond donors (Lipinski definition) is 0. The van der Waals surface area contributed by atoms with E-state index in [1.165, 1.54) is 18.2 Å². The van der Waals surface area contributed by atoms with Gasteiger partial charge in [0.15, 0.2) is 0 Å². The second kappa shape index (κ2) is 4.16. The average molecular weight is 258 g/mol. The Balaban J connectivity index is 2.38. The third-order valence-electron chi connectivity index (χ3n) is 3.30. The van der Waals surface area contributed by atoms with Gasteiger partial charge in [-0.3, -0.25) is 0 Å². The molecule has 0 aliphatic carbocycles. The lowest BCUT2D eigenvalue weighted by Gasteiger charge is -2.05. The van der Waals surface area contributed by atoms with Gasteiger partial charge in [0.1, 0.15) is 17.5 Å². The van der Waals surface area contributed by atoms with Gasteiger partial charge in [-0.25, -0.2) is 13.8 Å². The van der Waals surface area contributed by atoms with Crippen LogP contribution in [0.1, 0.15) is 5.56 Å². The summed E-state index contributed by atoms with van der Waals surface area (Å²) in [5.41, 5.74) is 2.53. The lowest BCUT2D eigenvalue weighted by Crippen LogP contribution is -1.97. The van der Waals surface area contributed by atoms with Crippen molar-refractivity contribution < 1.29 is 8.78 Å². The maximum Gasteiger partial charge on any atom is 0.146 e. The average Bonchev–Trinajstić information content (AvgIpc) is 2.69. The minimum Gasteiger partial charge on any atom is -0.327 e. The van der Waals surface area contributed by atoms with Crippen molar-refractivity contribution in [3.63, 3.8) is 0 Å². The number of aromatic nitrogens is 2. The van der Waals surface area contributed by atoms with E-state index < -0.39 is 11.6 Å². The SMILES string of the molecule is Cc1cccc2c1nc(-c1c(F)cccc1F)n2C. The Kier molecular flexibility index (Phi) is 2.59. The summed E-state index contributed by atoms with van der Waals surface area (Å²) in [5, 5.41) is 0. The van der Waals surface area contributed by atoms with Gasteiger partial charge in [-0.05, 0) is 30.7 Å². The molecule has 0 amide bonds. The van der Waals surface area contributed by atoms with Crippen molar-refractivity contribution in [1.82, 2.24) is 9.55 Å².